The summed E-state index contributed by atoms with van der Waals surface area (Å²) >= 11 is 0. The highest BCUT2D eigenvalue weighted by Crippen LogP contribution is 2.23. The number of primary sulfonamides is 1. The van der Waals surface area contributed by atoms with Gasteiger partial charge in [0.15, 0.2) is 5.69 Å². The number of likely N-dealkylation sites (tertiary alicyclic amines) is 1. The average molecular weight is 300 g/mol. The standard InChI is InChI=1S/C12H20N4O3S/c1-3-4-9-11(20(13,18)19)10(15-14-9)12(17)16-6-5-8(2)7-16/h8H,3-7H2,1-2H3,(H,14,15)(H2,13,18,19). The Kier molecular flexibility index (Phi) is 4.14. The van der Waals surface area contributed by atoms with Gasteiger partial charge in [0.05, 0.1) is 5.69 Å². The van der Waals surface area contributed by atoms with Crippen molar-refractivity contribution >= 4 is 15.9 Å². The van der Waals surface area contributed by atoms with Crippen molar-refractivity contribution in [2.75, 3.05) is 13.1 Å². The van der Waals surface area contributed by atoms with E-state index in [-0.39, 0.29) is 16.5 Å². The van der Waals surface area contributed by atoms with Crippen molar-refractivity contribution in [1.82, 2.24) is 15.1 Å². The molecule has 1 saturated heterocycles. The Bertz CT molecular complexity index is 608. The molecule has 1 unspecified atom stereocenters. The van der Waals surface area contributed by atoms with Gasteiger partial charge in [-0.2, -0.15) is 5.10 Å². The molecule has 1 fully saturated rings. The third kappa shape index (κ3) is 2.85. The number of carbonyl (C=O) groups excluding carboxylic acids is 1. The smallest absolute Gasteiger partial charge is 0.275 e. The second-order valence-electron chi connectivity index (χ2n) is 5.32. The van der Waals surface area contributed by atoms with E-state index in [1.54, 1.807) is 4.90 Å². The van der Waals surface area contributed by atoms with Crippen molar-refractivity contribution in [3.05, 3.63) is 11.4 Å². The minimum Gasteiger partial charge on any atom is -0.337 e. The zero-order valence-electron chi connectivity index (χ0n) is 11.7. The molecule has 0 spiro atoms. The summed E-state index contributed by atoms with van der Waals surface area (Å²) in [5.41, 5.74) is 0.329. The van der Waals surface area contributed by atoms with Crippen molar-refractivity contribution in [2.45, 2.75) is 38.0 Å². The van der Waals surface area contributed by atoms with Crippen LogP contribution in [0, 0.1) is 5.92 Å². The minimum absolute atomic E-state index is 0.0787. The third-order valence-electron chi connectivity index (χ3n) is 3.49. The Balaban J connectivity index is 2.39. The molecule has 20 heavy (non-hydrogen) atoms. The summed E-state index contributed by atoms with van der Waals surface area (Å²) in [6.07, 6.45) is 2.14. The number of nitrogens with zero attached hydrogens (tertiary/aromatic N) is 2. The second-order valence-corrected chi connectivity index (χ2v) is 6.82. The monoisotopic (exact) mass is 300 g/mol. The lowest BCUT2D eigenvalue weighted by Crippen LogP contribution is -2.30. The van der Waals surface area contributed by atoms with Crippen LogP contribution in [0.1, 0.15) is 42.9 Å². The van der Waals surface area contributed by atoms with E-state index in [0.29, 0.717) is 31.1 Å². The molecular weight excluding hydrogens is 280 g/mol. The first-order valence-electron chi connectivity index (χ1n) is 6.74. The van der Waals surface area contributed by atoms with E-state index in [9.17, 15) is 13.2 Å². The molecule has 1 atom stereocenters. The van der Waals surface area contributed by atoms with E-state index in [1.807, 2.05) is 6.92 Å². The molecule has 0 aliphatic carbocycles. The number of hydrogen-bond acceptors (Lipinski definition) is 4. The number of nitrogens with one attached hydrogen (secondary N) is 1. The van der Waals surface area contributed by atoms with Crippen molar-refractivity contribution < 1.29 is 13.2 Å². The van der Waals surface area contributed by atoms with E-state index in [1.165, 1.54) is 0 Å². The number of nitrogens with two attached hydrogens (primary N) is 1. The zero-order chi connectivity index (χ0) is 14.9. The van der Waals surface area contributed by atoms with Gasteiger partial charge in [0, 0.05) is 13.1 Å². The predicted octanol–water partition coefficient (Wildman–Crippen LogP) is 0.492. The predicted molar refractivity (Wildman–Crippen MR) is 73.6 cm³/mol. The molecule has 1 aliphatic heterocycles. The highest BCUT2D eigenvalue weighted by molar-refractivity contribution is 7.89. The summed E-state index contributed by atoms with van der Waals surface area (Å²) in [6.45, 7) is 5.22. The molecule has 0 bridgehead atoms. The molecule has 2 heterocycles. The van der Waals surface area contributed by atoms with E-state index < -0.39 is 10.0 Å². The Hall–Kier alpha value is -1.41. The lowest BCUT2D eigenvalue weighted by Gasteiger charge is -2.14. The molecule has 2 rings (SSSR count). The van der Waals surface area contributed by atoms with Gasteiger partial charge in [-0.1, -0.05) is 20.3 Å². The van der Waals surface area contributed by atoms with Gasteiger partial charge >= 0.3 is 0 Å². The molecule has 1 amide bonds. The molecule has 8 heteroatoms. The molecule has 112 valence electrons. The number of aromatic nitrogens is 2. The highest BCUT2D eigenvalue weighted by atomic mass is 32.2. The fraction of sp³-hybridized carbons (Fsp3) is 0.667. The molecule has 0 saturated carbocycles. The highest BCUT2D eigenvalue weighted by Gasteiger charge is 2.32. The number of aromatic amines is 1. The van der Waals surface area contributed by atoms with Crippen molar-refractivity contribution in [2.24, 2.45) is 11.1 Å². The van der Waals surface area contributed by atoms with Crippen LogP contribution < -0.4 is 5.14 Å². The summed E-state index contributed by atoms with van der Waals surface area (Å²) in [4.78, 5) is 13.9. The van der Waals surface area contributed by atoms with Crippen LogP contribution in [0.15, 0.2) is 4.90 Å². The second kappa shape index (κ2) is 5.53. The third-order valence-corrected chi connectivity index (χ3v) is 4.50. The maximum atomic E-state index is 12.4. The maximum absolute atomic E-state index is 12.4. The van der Waals surface area contributed by atoms with Crippen molar-refractivity contribution in [3.8, 4) is 0 Å². The largest absolute Gasteiger partial charge is 0.337 e. The summed E-state index contributed by atoms with van der Waals surface area (Å²) in [5, 5.41) is 11.8. The van der Waals surface area contributed by atoms with Crippen LogP contribution in [0.3, 0.4) is 0 Å². The van der Waals surface area contributed by atoms with E-state index in [4.69, 9.17) is 5.14 Å². The first kappa shape index (κ1) is 15.0. The van der Waals surface area contributed by atoms with Gasteiger partial charge < -0.3 is 4.90 Å². The summed E-state index contributed by atoms with van der Waals surface area (Å²) < 4.78 is 23.5. The van der Waals surface area contributed by atoms with Gasteiger partial charge in [0.2, 0.25) is 10.0 Å². The van der Waals surface area contributed by atoms with Crippen LogP contribution in [0.5, 0.6) is 0 Å². The van der Waals surface area contributed by atoms with Gasteiger partial charge in [-0.3, -0.25) is 9.89 Å². The number of sulfonamides is 1. The molecule has 7 nitrogen and oxygen atoms in total. The van der Waals surface area contributed by atoms with Crippen molar-refractivity contribution in [3.63, 3.8) is 0 Å². The lowest BCUT2D eigenvalue weighted by atomic mass is 10.2. The Morgan fingerprint density at radius 3 is 2.75 bits per heavy atom. The van der Waals surface area contributed by atoms with Crippen molar-refractivity contribution in [1.29, 1.82) is 0 Å². The van der Waals surface area contributed by atoms with Gasteiger partial charge in [-0.05, 0) is 18.8 Å². The van der Waals surface area contributed by atoms with E-state index >= 15 is 0 Å². The number of carbonyl (C=O) groups is 1. The fourth-order valence-corrected chi connectivity index (χ4v) is 3.40. The zero-order valence-corrected chi connectivity index (χ0v) is 12.5. The van der Waals surface area contributed by atoms with Crippen LogP contribution in [0.2, 0.25) is 0 Å². The number of rotatable bonds is 4. The van der Waals surface area contributed by atoms with Crippen LogP contribution in [-0.4, -0.2) is 42.5 Å². The van der Waals surface area contributed by atoms with Crippen LogP contribution in [0.4, 0.5) is 0 Å². The van der Waals surface area contributed by atoms with Gasteiger partial charge in [-0.25, -0.2) is 13.6 Å². The SMILES string of the molecule is CCCc1[nH]nc(C(=O)N2CCC(C)C2)c1S(N)(=O)=O. The van der Waals surface area contributed by atoms with Gasteiger partial charge in [0.25, 0.3) is 5.91 Å². The topological polar surface area (TPSA) is 109 Å². The molecule has 0 aromatic carbocycles. The Morgan fingerprint density at radius 2 is 2.25 bits per heavy atom. The molecule has 1 aromatic rings. The molecule has 3 N–H and O–H groups in total. The van der Waals surface area contributed by atoms with Gasteiger partial charge in [-0.15, -0.1) is 0 Å². The normalized spacial score (nSPS) is 19.6. The van der Waals surface area contributed by atoms with Crippen LogP contribution in [-0.2, 0) is 16.4 Å². The summed E-state index contributed by atoms with van der Waals surface area (Å²) in [5.74, 6) is 0.0583. The fourth-order valence-electron chi connectivity index (χ4n) is 2.51. The van der Waals surface area contributed by atoms with E-state index in [0.717, 1.165) is 12.8 Å². The molecule has 1 aromatic heterocycles. The Labute approximate surface area is 118 Å². The lowest BCUT2D eigenvalue weighted by molar-refractivity contribution is 0.0778. The maximum Gasteiger partial charge on any atom is 0.275 e. The minimum atomic E-state index is -3.97. The number of aryl methyl sites for hydroxylation is 1. The first-order valence-corrected chi connectivity index (χ1v) is 8.28. The molecule has 1 aliphatic rings. The summed E-state index contributed by atoms with van der Waals surface area (Å²) in [6, 6.07) is 0. The van der Waals surface area contributed by atoms with E-state index in [2.05, 4.69) is 17.1 Å². The quantitative estimate of drug-likeness (QED) is 0.843. The van der Waals surface area contributed by atoms with Crippen LogP contribution in [0.25, 0.3) is 0 Å². The molecular formula is C12H20N4O3S. The number of hydrogen-bond donors (Lipinski definition) is 2. The first-order chi connectivity index (χ1) is 9.34. The van der Waals surface area contributed by atoms with Gasteiger partial charge in [0.1, 0.15) is 4.90 Å². The summed E-state index contributed by atoms with van der Waals surface area (Å²) in [7, 11) is -3.97. The Morgan fingerprint density at radius 1 is 1.55 bits per heavy atom. The number of amides is 1. The number of H-pyrrole nitrogens is 1. The average Bonchev–Trinajstić information content (AvgIpc) is 2.94. The van der Waals surface area contributed by atoms with Crippen LogP contribution >= 0.6 is 0 Å². The molecule has 0 radical (unpaired) electrons.